The first-order valence-corrected chi connectivity index (χ1v) is 8.61. The summed E-state index contributed by atoms with van der Waals surface area (Å²) in [6.45, 7) is 4.03. The van der Waals surface area contributed by atoms with E-state index in [-0.39, 0.29) is 30.1 Å². The number of aliphatic hydroxyl groups excluding tert-OH is 1. The highest BCUT2D eigenvalue weighted by Gasteiger charge is 2.32. The molecule has 7 heteroatoms. The van der Waals surface area contributed by atoms with Crippen molar-refractivity contribution in [3.8, 4) is 0 Å². The summed E-state index contributed by atoms with van der Waals surface area (Å²) in [6.07, 6.45) is 5.12. The van der Waals surface area contributed by atoms with Crippen molar-refractivity contribution in [2.45, 2.75) is 76.5 Å². The van der Waals surface area contributed by atoms with E-state index in [1.165, 1.54) is 0 Å². The Morgan fingerprint density at radius 3 is 2.52 bits per heavy atom. The zero-order chi connectivity index (χ0) is 16.4. The van der Waals surface area contributed by atoms with Crippen LogP contribution in [0.15, 0.2) is 4.52 Å². The van der Waals surface area contributed by atoms with Crippen molar-refractivity contribution < 1.29 is 14.4 Å². The molecule has 0 aromatic carbocycles. The number of amides is 2. The van der Waals surface area contributed by atoms with Gasteiger partial charge in [-0.1, -0.05) is 19.0 Å². The molecule has 3 N–H and O–H groups in total. The average Bonchev–Trinajstić information content (AvgIpc) is 3.25. The first kappa shape index (κ1) is 16.2. The van der Waals surface area contributed by atoms with Gasteiger partial charge in [-0.2, -0.15) is 4.98 Å². The highest BCUT2D eigenvalue weighted by Crippen LogP contribution is 2.38. The van der Waals surface area contributed by atoms with Gasteiger partial charge in [0.2, 0.25) is 5.89 Å². The van der Waals surface area contributed by atoms with E-state index in [1.54, 1.807) is 0 Å². The highest BCUT2D eigenvalue weighted by atomic mass is 16.5. The van der Waals surface area contributed by atoms with Gasteiger partial charge in [0, 0.05) is 12.0 Å². The normalized spacial score (nSPS) is 26.1. The zero-order valence-corrected chi connectivity index (χ0v) is 13.8. The van der Waals surface area contributed by atoms with Gasteiger partial charge in [0.1, 0.15) is 6.04 Å². The van der Waals surface area contributed by atoms with Gasteiger partial charge in [-0.25, -0.2) is 4.79 Å². The Balaban J connectivity index is 1.56. The Kier molecular flexibility index (Phi) is 4.84. The molecule has 128 valence electrons. The number of carbonyl (C=O) groups excluding carboxylic acids is 1. The van der Waals surface area contributed by atoms with E-state index >= 15 is 0 Å². The second-order valence-corrected chi connectivity index (χ2v) is 7.11. The van der Waals surface area contributed by atoms with Gasteiger partial charge in [0.25, 0.3) is 0 Å². The molecule has 1 heterocycles. The molecule has 2 amide bonds. The Bertz CT molecular complexity index is 533. The second-order valence-electron chi connectivity index (χ2n) is 7.11. The van der Waals surface area contributed by atoms with Crippen molar-refractivity contribution in [3.63, 3.8) is 0 Å². The third-order valence-electron chi connectivity index (χ3n) is 4.65. The van der Waals surface area contributed by atoms with E-state index in [9.17, 15) is 9.90 Å². The van der Waals surface area contributed by atoms with E-state index < -0.39 is 0 Å². The van der Waals surface area contributed by atoms with E-state index in [0.29, 0.717) is 11.8 Å². The van der Waals surface area contributed by atoms with Gasteiger partial charge in [0.15, 0.2) is 5.82 Å². The fourth-order valence-electron chi connectivity index (χ4n) is 2.98. The number of aliphatic hydroxyl groups is 1. The molecule has 2 aliphatic carbocycles. The number of rotatable bonds is 5. The number of carbonyl (C=O) groups is 1. The molecule has 1 atom stereocenters. The summed E-state index contributed by atoms with van der Waals surface area (Å²) in [4.78, 5) is 16.7. The maximum Gasteiger partial charge on any atom is 0.315 e. The van der Waals surface area contributed by atoms with Gasteiger partial charge in [0.05, 0.1) is 6.10 Å². The Morgan fingerprint density at radius 1 is 1.22 bits per heavy atom. The van der Waals surface area contributed by atoms with Crippen LogP contribution in [0.25, 0.3) is 0 Å². The molecule has 0 saturated heterocycles. The maximum absolute atomic E-state index is 12.3. The van der Waals surface area contributed by atoms with Crippen LogP contribution in [-0.4, -0.2) is 33.4 Å². The first-order valence-electron chi connectivity index (χ1n) is 8.61. The molecule has 2 aliphatic rings. The summed E-state index contributed by atoms with van der Waals surface area (Å²) in [5.41, 5.74) is 0. The maximum atomic E-state index is 12.3. The fourth-order valence-corrected chi connectivity index (χ4v) is 2.98. The highest BCUT2D eigenvalue weighted by molar-refractivity contribution is 5.74. The lowest BCUT2D eigenvalue weighted by atomic mass is 9.93. The topological polar surface area (TPSA) is 100 Å². The number of aromatic nitrogens is 2. The molecule has 3 rings (SSSR count). The van der Waals surface area contributed by atoms with E-state index in [2.05, 4.69) is 20.8 Å². The van der Waals surface area contributed by atoms with Crippen LogP contribution in [-0.2, 0) is 0 Å². The minimum atomic E-state index is -0.288. The van der Waals surface area contributed by atoms with Crippen LogP contribution in [0.2, 0.25) is 0 Å². The van der Waals surface area contributed by atoms with Gasteiger partial charge < -0.3 is 20.3 Å². The van der Waals surface area contributed by atoms with Crippen molar-refractivity contribution in [3.05, 3.63) is 11.7 Å². The summed E-state index contributed by atoms with van der Waals surface area (Å²) in [5, 5.41) is 19.5. The molecule has 0 aliphatic heterocycles. The molecule has 23 heavy (non-hydrogen) atoms. The Labute approximate surface area is 136 Å². The van der Waals surface area contributed by atoms with Crippen LogP contribution in [0.1, 0.15) is 76.0 Å². The molecule has 0 bridgehead atoms. The SMILES string of the molecule is CC(C)C(NC(=O)NC1CCC(O)CC1)c1nc(C2CC2)no1. The van der Waals surface area contributed by atoms with Gasteiger partial charge in [-0.3, -0.25) is 0 Å². The molecule has 2 fully saturated rings. The summed E-state index contributed by atoms with van der Waals surface area (Å²) >= 11 is 0. The lowest BCUT2D eigenvalue weighted by Gasteiger charge is -2.27. The van der Waals surface area contributed by atoms with E-state index in [0.717, 1.165) is 44.3 Å². The van der Waals surface area contributed by atoms with Gasteiger partial charge in [-0.15, -0.1) is 0 Å². The fraction of sp³-hybridized carbons (Fsp3) is 0.812. The average molecular weight is 322 g/mol. The first-order chi connectivity index (χ1) is 11.0. The molecule has 7 nitrogen and oxygen atoms in total. The largest absolute Gasteiger partial charge is 0.393 e. The van der Waals surface area contributed by atoms with Crippen molar-refractivity contribution in [1.29, 1.82) is 0 Å². The zero-order valence-electron chi connectivity index (χ0n) is 13.8. The number of urea groups is 1. The van der Waals surface area contributed by atoms with Crippen molar-refractivity contribution in [1.82, 2.24) is 20.8 Å². The standard InChI is InChI=1S/C16H26N4O3/c1-9(2)13(15-19-14(20-23-15)10-3-4-10)18-16(22)17-11-5-7-12(21)8-6-11/h9-13,21H,3-8H2,1-2H3,(H2,17,18,22). The summed E-state index contributed by atoms with van der Waals surface area (Å²) in [7, 11) is 0. The second kappa shape index (κ2) is 6.86. The quantitative estimate of drug-likeness (QED) is 0.772. The number of nitrogens with one attached hydrogen (secondary N) is 2. The molecular weight excluding hydrogens is 296 g/mol. The van der Waals surface area contributed by atoms with Crippen LogP contribution in [0.5, 0.6) is 0 Å². The lowest BCUT2D eigenvalue weighted by molar-refractivity contribution is 0.117. The van der Waals surface area contributed by atoms with Crippen LogP contribution < -0.4 is 10.6 Å². The smallest absolute Gasteiger partial charge is 0.315 e. The van der Waals surface area contributed by atoms with Crippen LogP contribution in [0, 0.1) is 5.92 Å². The third kappa shape index (κ3) is 4.22. The predicted molar refractivity (Wildman–Crippen MR) is 83.8 cm³/mol. The Hall–Kier alpha value is -1.63. The van der Waals surface area contributed by atoms with Crippen LogP contribution >= 0.6 is 0 Å². The molecular formula is C16H26N4O3. The Morgan fingerprint density at radius 2 is 1.91 bits per heavy atom. The van der Waals surface area contributed by atoms with Crippen molar-refractivity contribution in [2.75, 3.05) is 0 Å². The summed E-state index contributed by atoms with van der Waals surface area (Å²) in [6, 6.07) is -0.378. The van der Waals surface area contributed by atoms with Gasteiger partial charge >= 0.3 is 6.03 Å². The predicted octanol–water partition coefficient (Wildman–Crippen LogP) is 2.25. The van der Waals surface area contributed by atoms with Crippen molar-refractivity contribution >= 4 is 6.03 Å². The minimum Gasteiger partial charge on any atom is -0.393 e. The number of nitrogens with zero attached hydrogens (tertiary/aromatic N) is 2. The molecule has 0 spiro atoms. The van der Waals surface area contributed by atoms with Crippen LogP contribution in [0.3, 0.4) is 0 Å². The number of hydrogen-bond acceptors (Lipinski definition) is 5. The molecule has 1 aromatic rings. The third-order valence-corrected chi connectivity index (χ3v) is 4.65. The number of hydrogen-bond donors (Lipinski definition) is 3. The molecule has 0 radical (unpaired) electrons. The van der Waals surface area contributed by atoms with E-state index in [4.69, 9.17) is 4.52 Å². The molecule has 1 aromatic heterocycles. The summed E-state index contributed by atoms with van der Waals surface area (Å²) < 4.78 is 5.36. The molecule has 1 unspecified atom stereocenters. The minimum absolute atomic E-state index is 0.121. The van der Waals surface area contributed by atoms with E-state index in [1.807, 2.05) is 13.8 Å². The van der Waals surface area contributed by atoms with Crippen molar-refractivity contribution in [2.24, 2.45) is 5.92 Å². The monoisotopic (exact) mass is 322 g/mol. The van der Waals surface area contributed by atoms with Gasteiger partial charge in [-0.05, 0) is 44.4 Å². The summed E-state index contributed by atoms with van der Waals surface area (Å²) in [5.74, 6) is 1.83. The van der Waals surface area contributed by atoms with Crippen LogP contribution in [0.4, 0.5) is 4.79 Å². The lowest BCUT2D eigenvalue weighted by Crippen LogP contribution is -2.46. The molecule has 2 saturated carbocycles.